The molecule has 7 heterocycles. The maximum atomic E-state index is 13.1. The number of anilines is 4. The molecule has 15 rings (SSSR count). The molecular weight excluding hydrogens is 1240 g/mol. The second-order valence-corrected chi connectivity index (χ2v) is 21.9. The third kappa shape index (κ3) is 15.1. The minimum Gasteiger partial charge on any atom is -0.472 e. The Labute approximate surface area is 544 Å². The number of nitrogens with one attached hydrogen (secondary N) is 3. The van der Waals surface area contributed by atoms with Crippen LogP contribution in [0.3, 0.4) is 0 Å². The Kier molecular flexibility index (Phi) is 19.0. The summed E-state index contributed by atoms with van der Waals surface area (Å²) in [6.45, 7) is 3.78. The van der Waals surface area contributed by atoms with Crippen LogP contribution in [0.2, 0.25) is 5.02 Å². The summed E-state index contributed by atoms with van der Waals surface area (Å²) in [4.78, 5) is 37.1. The molecule has 0 aliphatic rings. The van der Waals surface area contributed by atoms with Gasteiger partial charge in [-0.05, 0) is 144 Å². The van der Waals surface area contributed by atoms with Crippen LogP contribution in [-0.2, 0) is 26.2 Å². The van der Waals surface area contributed by atoms with E-state index in [1.54, 1.807) is 70.9 Å². The van der Waals surface area contributed by atoms with Crippen LogP contribution in [0.25, 0.3) is 43.6 Å². The summed E-state index contributed by atoms with van der Waals surface area (Å²) in [6, 6.07) is 62.2. The Bertz CT molecular complexity index is 5130. The number of nitrogen functional groups attached to an aromatic ring is 1. The van der Waals surface area contributed by atoms with Gasteiger partial charge in [0.15, 0.2) is 29.0 Å². The van der Waals surface area contributed by atoms with E-state index in [0.29, 0.717) is 71.3 Å². The monoisotopic (exact) mass is 1290 g/mol. The number of nitrogens with two attached hydrogens (primary N) is 1. The SMILES string of the molecule is Cc1nocc1C(=O)Nc1nn(Cc2ccc(F)cc2)c2ccccc12.Nc1nn(Cc2ccc(F)cc2)c2ccccc12.O=C(Nc1nn(Cc2ccc(Cl)cc2)c2ccccc12)c1cccnn1.O=C(Nc1nn(Cc2ccc(F)cc2)c2ccccc12)c1ccoc1. The van der Waals surface area contributed by atoms with Crippen LogP contribution in [0, 0.1) is 24.4 Å². The summed E-state index contributed by atoms with van der Waals surface area (Å²) < 4.78 is 56.0. The van der Waals surface area contributed by atoms with Crippen LogP contribution < -0.4 is 21.7 Å². The summed E-state index contributed by atoms with van der Waals surface area (Å²) in [5, 5.41) is 41.8. The van der Waals surface area contributed by atoms with E-state index in [1.165, 1.54) is 61.4 Å². The van der Waals surface area contributed by atoms with Crippen molar-refractivity contribution in [2.45, 2.75) is 33.1 Å². The lowest BCUT2D eigenvalue weighted by Crippen LogP contribution is -2.15. The molecule has 8 aromatic carbocycles. The molecule has 0 spiro atoms. The van der Waals surface area contributed by atoms with Crippen molar-refractivity contribution in [2.24, 2.45) is 0 Å². The highest BCUT2D eigenvalue weighted by Gasteiger charge is 2.20. The molecule has 0 aliphatic heterocycles. The predicted molar refractivity (Wildman–Crippen MR) is 356 cm³/mol. The van der Waals surface area contributed by atoms with Gasteiger partial charge in [0.25, 0.3) is 17.7 Å². The minimum absolute atomic E-state index is 0.233. The molecule has 0 fully saturated rings. The van der Waals surface area contributed by atoms with E-state index in [9.17, 15) is 27.6 Å². The van der Waals surface area contributed by atoms with Crippen molar-refractivity contribution in [3.8, 4) is 0 Å². The molecule has 0 saturated heterocycles. The van der Waals surface area contributed by atoms with Gasteiger partial charge in [-0.2, -0.15) is 25.5 Å². The smallest absolute Gasteiger partial charge is 0.277 e. The number of hydrogen-bond acceptors (Lipinski definition) is 13. The number of halogens is 4. The van der Waals surface area contributed by atoms with E-state index in [2.05, 4.69) is 51.7 Å². The fourth-order valence-electron chi connectivity index (χ4n) is 10.2. The number of furan rings is 1. The average Bonchev–Trinajstić information content (AvgIpc) is 1.68. The van der Waals surface area contributed by atoms with Crippen LogP contribution in [0.5, 0.6) is 0 Å². The number of benzene rings is 8. The van der Waals surface area contributed by atoms with Gasteiger partial charge in [-0.1, -0.05) is 114 Å². The Balaban J connectivity index is 0.000000122. The average molecular weight is 1290 g/mol. The fourth-order valence-corrected chi connectivity index (χ4v) is 10.3. The summed E-state index contributed by atoms with van der Waals surface area (Å²) in [5.41, 5.74) is 15.0. The molecule has 3 amide bonds. The first-order valence-corrected chi connectivity index (χ1v) is 29.8. The number of rotatable bonds is 14. The lowest BCUT2D eigenvalue weighted by Gasteiger charge is -2.04. The zero-order valence-corrected chi connectivity index (χ0v) is 51.2. The second-order valence-electron chi connectivity index (χ2n) is 21.4. The highest BCUT2D eigenvalue weighted by molar-refractivity contribution is 6.30. The first-order chi connectivity index (χ1) is 46.3. The molecule has 472 valence electrons. The summed E-state index contributed by atoms with van der Waals surface area (Å²) >= 11 is 5.95. The molecule has 0 atom stereocenters. The maximum Gasteiger partial charge on any atom is 0.277 e. The first kappa shape index (κ1) is 62.7. The van der Waals surface area contributed by atoms with Crippen LogP contribution in [0.1, 0.15) is 59.2 Å². The van der Waals surface area contributed by atoms with Crippen LogP contribution in [0.15, 0.2) is 246 Å². The van der Waals surface area contributed by atoms with Crippen molar-refractivity contribution in [3.05, 3.63) is 305 Å². The lowest BCUT2D eigenvalue weighted by molar-refractivity contribution is 0.101. The summed E-state index contributed by atoms with van der Waals surface area (Å²) in [6.07, 6.45) is 5.66. The van der Waals surface area contributed by atoms with Gasteiger partial charge in [-0.3, -0.25) is 33.1 Å². The Hall–Kier alpha value is -12.5. The molecule has 20 nitrogen and oxygen atoms in total. The molecule has 5 N–H and O–H groups in total. The zero-order valence-electron chi connectivity index (χ0n) is 50.4. The molecule has 7 aromatic heterocycles. The largest absolute Gasteiger partial charge is 0.472 e. The van der Waals surface area contributed by atoms with E-state index >= 15 is 0 Å². The normalized spacial score (nSPS) is 10.9. The van der Waals surface area contributed by atoms with Crippen molar-refractivity contribution in [3.63, 3.8) is 0 Å². The van der Waals surface area contributed by atoms with Crippen molar-refractivity contribution in [1.82, 2.24) is 54.5 Å². The number of aromatic nitrogens is 11. The molecular formula is C71H55ClF3N15O5. The van der Waals surface area contributed by atoms with Gasteiger partial charge in [0.2, 0.25) is 0 Å². The Morgan fingerprint density at radius 1 is 0.463 bits per heavy atom. The van der Waals surface area contributed by atoms with E-state index in [-0.39, 0.29) is 40.9 Å². The molecule has 95 heavy (non-hydrogen) atoms. The number of hydrogen-bond donors (Lipinski definition) is 4. The van der Waals surface area contributed by atoms with Crippen molar-refractivity contribution < 1.29 is 36.5 Å². The molecule has 24 heteroatoms. The third-order valence-corrected chi connectivity index (χ3v) is 15.2. The van der Waals surface area contributed by atoms with Gasteiger partial charge in [0.1, 0.15) is 35.5 Å². The topological polar surface area (TPSA) is 250 Å². The predicted octanol–water partition coefficient (Wildman–Crippen LogP) is 14.4. The highest BCUT2D eigenvalue weighted by atomic mass is 35.5. The second kappa shape index (κ2) is 28.8. The zero-order chi connectivity index (χ0) is 65.8. The lowest BCUT2D eigenvalue weighted by atomic mass is 10.2. The Morgan fingerprint density at radius 2 is 0.863 bits per heavy atom. The molecule has 15 aromatic rings. The number of amides is 3. The van der Waals surface area contributed by atoms with Gasteiger partial charge in [-0.25, -0.2) is 13.2 Å². The number of carbonyl (C=O) groups excluding carboxylic acids is 3. The number of aryl methyl sites for hydroxylation is 1. The number of fused-ring (bicyclic) bond motifs is 4. The highest BCUT2D eigenvalue weighted by Crippen LogP contribution is 2.28. The van der Waals surface area contributed by atoms with E-state index in [0.717, 1.165) is 65.9 Å². The van der Waals surface area contributed by atoms with Gasteiger partial charge in [-0.15, -0.1) is 5.10 Å². The van der Waals surface area contributed by atoms with Gasteiger partial charge < -0.3 is 30.6 Å². The van der Waals surface area contributed by atoms with Gasteiger partial charge >= 0.3 is 0 Å². The molecule has 0 aliphatic carbocycles. The molecule has 0 unspecified atom stereocenters. The van der Waals surface area contributed by atoms with E-state index in [1.807, 2.05) is 131 Å². The number of nitrogens with zero attached hydrogens (tertiary/aromatic N) is 11. The van der Waals surface area contributed by atoms with Crippen LogP contribution in [0.4, 0.5) is 36.4 Å². The first-order valence-electron chi connectivity index (χ1n) is 29.5. The van der Waals surface area contributed by atoms with Gasteiger partial charge in [0, 0.05) is 32.8 Å². The Morgan fingerprint density at radius 3 is 1.27 bits per heavy atom. The van der Waals surface area contributed by atoms with Crippen LogP contribution in [-0.4, -0.2) is 72.2 Å². The van der Waals surface area contributed by atoms with Gasteiger partial charge in [0.05, 0.1) is 65.8 Å². The van der Waals surface area contributed by atoms with Crippen molar-refractivity contribution in [1.29, 1.82) is 0 Å². The number of para-hydroxylation sites is 4. The standard InChI is InChI=1S/C19H14ClN5O.C19H15FN4O2.C19H14FN3O2.C14H12FN3/c20-14-9-7-13(8-10-14)12-25-17-6-2-1-4-15(17)18(24-25)22-19(26)16-5-3-11-21-23-16;1-12-16(11-26-23-12)19(25)21-18-15-4-2-3-5-17(15)24(22-18)10-13-6-8-14(20)9-7-13;20-15-7-5-13(6-8-15)11-23-17-4-2-1-3-16(17)18(22-23)21-19(24)14-9-10-25-12-14;15-11-7-5-10(6-8-11)9-18-13-4-2-1-3-12(13)14(16)17-18/h1-11H,12H2,(H,22,24,26);2-9,11H,10H2,1H3,(H,21,22,25);1-10,12H,11H2,(H,21,22,24);1-8H,9H2,(H2,16,17). The van der Waals surface area contributed by atoms with Crippen molar-refractivity contribution in [2.75, 3.05) is 21.7 Å². The molecule has 0 bridgehead atoms. The summed E-state index contributed by atoms with van der Waals surface area (Å²) in [5.74, 6) is 0.184. The molecule has 0 saturated carbocycles. The number of carbonyl (C=O) groups is 3. The maximum absolute atomic E-state index is 13.1. The minimum atomic E-state index is -0.347. The fraction of sp³-hybridized carbons (Fsp3) is 0.0704. The van der Waals surface area contributed by atoms with Crippen molar-refractivity contribution >= 4 is 96.2 Å². The molecule has 0 radical (unpaired) electrons. The van der Waals surface area contributed by atoms with E-state index in [4.69, 9.17) is 26.3 Å². The van der Waals surface area contributed by atoms with Crippen LogP contribution >= 0.6 is 11.6 Å². The quantitative estimate of drug-likeness (QED) is 0.0792. The summed E-state index contributed by atoms with van der Waals surface area (Å²) in [7, 11) is 0. The third-order valence-electron chi connectivity index (χ3n) is 14.9. The van der Waals surface area contributed by atoms with E-state index < -0.39 is 0 Å².